The van der Waals surface area contributed by atoms with Crippen molar-refractivity contribution in [2.45, 2.75) is 39.8 Å². The molecule has 1 fully saturated rings. The lowest BCUT2D eigenvalue weighted by atomic mass is 10.2. The van der Waals surface area contributed by atoms with E-state index in [2.05, 4.69) is 9.80 Å². The minimum absolute atomic E-state index is 0.526. The molecule has 0 amide bonds. The molecular weight excluding hydrogens is 336 g/mol. The molecule has 1 rings (SSSR count). The fourth-order valence-electron chi connectivity index (χ4n) is 3.08. The van der Waals surface area contributed by atoms with E-state index in [1.807, 2.05) is 36.7 Å². The highest BCUT2D eigenvalue weighted by molar-refractivity contribution is 5.73. The standard InChI is InChI=1S/C18H34N4O4/c1-5-19-7-8-20(6-2)10-12-22(16(4)18(25)26)14-13-21(11-9-19)15(3)17(23)24/h5-6,15-16H,7-14H2,1-4H3,(H,23,24)(H,25,26). The zero-order chi connectivity index (χ0) is 19.7. The average Bonchev–Trinajstić information content (AvgIpc) is 2.61. The fourth-order valence-corrected chi connectivity index (χ4v) is 3.08. The van der Waals surface area contributed by atoms with Crippen molar-refractivity contribution in [3.8, 4) is 0 Å². The zero-order valence-corrected chi connectivity index (χ0v) is 16.5. The average molecular weight is 370 g/mol. The SMILES string of the molecule is C[CH]N1CCN([CH]C)CCN(C(C)C(=O)O)CCN(C(C)C(=O)O)CC1. The predicted molar refractivity (Wildman–Crippen MR) is 100 cm³/mol. The lowest BCUT2D eigenvalue weighted by Gasteiger charge is -2.35. The van der Waals surface area contributed by atoms with Crippen LogP contribution in [0.15, 0.2) is 0 Å². The van der Waals surface area contributed by atoms with Crippen LogP contribution >= 0.6 is 0 Å². The number of hydrogen-bond donors (Lipinski definition) is 2. The minimum Gasteiger partial charge on any atom is -0.480 e. The topological polar surface area (TPSA) is 87.6 Å². The van der Waals surface area contributed by atoms with Crippen LogP contribution in [-0.2, 0) is 9.59 Å². The van der Waals surface area contributed by atoms with Crippen molar-refractivity contribution >= 4 is 11.9 Å². The Hall–Kier alpha value is -1.22. The second-order valence-electron chi connectivity index (χ2n) is 6.69. The van der Waals surface area contributed by atoms with Gasteiger partial charge in [-0.2, -0.15) is 0 Å². The molecule has 0 spiro atoms. The van der Waals surface area contributed by atoms with E-state index in [1.54, 1.807) is 13.8 Å². The number of aliphatic carboxylic acids is 2. The molecular formula is C18H34N4O4. The zero-order valence-electron chi connectivity index (χ0n) is 16.5. The van der Waals surface area contributed by atoms with Gasteiger partial charge < -0.3 is 10.2 Å². The molecule has 1 heterocycles. The van der Waals surface area contributed by atoms with Gasteiger partial charge in [0, 0.05) is 65.4 Å². The molecule has 2 unspecified atom stereocenters. The van der Waals surface area contributed by atoms with E-state index < -0.39 is 24.0 Å². The smallest absolute Gasteiger partial charge is 0.320 e. The Morgan fingerprint density at radius 2 is 0.962 bits per heavy atom. The van der Waals surface area contributed by atoms with Crippen LogP contribution in [0.25, 0.3) is 0 Å². The van der Waals surface area contributed by atoms with E-state index in [4.69, 9.17) is 0 Å². The molecule has 0 aromatic carbocycles. The third kappa shape index (κ3) is 7.19. The monoisotopic (exact) mass is 370 g/mol. The van der Waals surface area contributed by atoms with Crippen molar-refractivity contribution in [2.75, 3.05) is 52.4 Å². The molecule has 2 radical (unpaired) electrons. The van der Waals surface area contributed by atoms with Crippen molar-refractivity contribution in [1.82, 2.24) is 19.6 Å². The number of carbonyl (C=O) groups is 2. The molecule has 26 heavy (non-hydrogen) atoms. The quantitative estimate of drug-likeness (QED) is 0.700. The summed E-state index contributed by atoms with van der Waals surface area (Å²) in [5.74, 6) is -1.71. The molecule has 2 N–H and O–H groups in total. The van der Waals surface area contributed by atoms with Crippen molar-refractivity contribution in [1.29, 1.82) is 0 Å². The summed E-state index contributed by atoms with van der Waals surface area (Å²) in [4.78, 5) is 31.2. The molecule has 150 valence electrons. The van der Waals surface area contributed by atoms with Gasteiger partial charge in [-0.25, -0.2) is 0 Å². The van der Waals surface area contributed by atoms with Crippen LogP contribution in [0.4, 0.5) is 0 Å². The first kappa shape index (κ1) is 22.8. The molecule has 1 saturated heterocycles. The van der Waals surface area contributed by atoms with Gasteiger partial charge in [0.1, 0.15) is 12.1 Å². The summed E-state index contributed by atoms with van der Waals surface area (Å²) in [7, 11) is 0. The van der Waals surface area contributed by atoms with Gasteiger partial charge in [0.2, 0.25) is 0 Å². The Bertz CT molecular complexity index is 409. The molecule has 2 atom stereocenters. The minimum atomic E-state index is -0.853. The molecule has 0 aromatic heterocycles. The molecule has 0 bridgehead atoms. The van der Waals surface area contributed by atoms with E-state index in [0.29, 0.717) is 26.2 Å². The first-order valence-electron chi connectivity index (χ1n) is 9.30. The van der Waals surface area contributed by atoms with Gasteiger partial charge in [0.15, 0.2) is 0 Å². The van der Waals surface area contributed by atoms with Crippen LogP contribution in [0, 0.1) is 13.1 Å². The van der Waals surface area contributed by atoms with Crippen LogP contribution in [0.1, 0.15) is 27.7 Å². The highest BCUT2D eigenvalue weighted by Gasteiger charge is 2.26. The van der Waals surface area contributed by atoms with Crippen molar-refractivity contribution in [2.24, 2.45) is 0 Å². The Labute approximate surface area is 157 Å². The summed E-state index contributed by atoms with van der Waals surface area (Å²) in [6, 6.07) is -1.20. The van der Waals surface area contributed by atoms with Gasteiger partial charge >= 0.3 is 11.9 Å². The molecule has 8 heteroatoms. The van der Waals surface area contributed by atoms with Gasteiger partial charge in [-0.15, -0.1) is 0 Å². The van der Waals surface area contributed by atoms with E-state index >= 15 is 0 Å². The van der Waals surface area contributed by atoms with E-state index in [0.717, 1.165) is 26.2 Å². The number of hydrogen-bond acceptors (Lipinski definition) is 6. The number of carboxylic acid groups (broad SMARTS) is 2. The molecule has 1 aliphatic heterocycles. The first-order chi connectivity index (χ1) is 12.3. The highest BCUT2D eigenvalue weighted by atomic mass is 16.4. The number of carboxylic acids is 2. The Morgan fingerprint density at radius 1 is 0.692 bits per heavy atom. The maximum absolute atomic E-state index is 11.4. The lowest BCUT2D eigenvalue weighted by molar-refractivity contribution is -0.145. The Balaban J connectivity index is 2.92. The molecule has 0 saturated carbocycles. The number of rotatable bonds is 6. The van der Waals surface area contributed by atoms with Crippen LogP contribution in [-0.4, -0.2) is 106 Å². The highest BCUT2D eigenvalue weighted by Crippen LogP contribution is 2.08. The van der Waals surface area contributed by atoms with Crippen LogP contribution in [0.2, 0.25) is 0 Å². The van der Waals surface area contributed by atoms with E-state index in [-0.39, 0.29) is 0 Å². The van der Waals surface area contributed by atoms with Gasteiger partial charge in [-0.3, -0.25) is 29.2 Å². The maximum Gasteiger partial charge on any atom is 0.320 e. The summed E-state index contributed by atoms with van der Waals surface area (Å²) in [6.45, 7) is 17.0. The van der Waals surface area contributed by atoms with Crippen LogP contribution in [0.3, 0.4) is 0 Å². The molecule has 1 aliphatic rings. The summed E-state index contributed by atoms with van der Waals surface area (Å²) < 4.78 is 0. The second-order valence-corrected chi connectivity index (χ2v) is 6.69. The van der Waals surface area contributed by atoms with Gasteiger partial charge in [0.25, 0.3) is 0 Å². The number of nitrogens with zero attached hydrogens (tertiary/aromatic N) is 4. The third-order valence-electron chi connectivity index (χ3n) is 5.24. The molecule has 0 aliphatic carbocycles. The largest absolute Gasteiger partial charge is 0.480 e. The summed E-state index contributed by atoms with van der Waals surface area (Å²) in [6.07, 6.45) is 0. The third-order valence-corrected chi connectivity index (χ3v) is 5.24. The first-order valence-corrected chi connectivity index (χ1v) is 9.30. The Kier molecular flexibility index (Phi) is 10.1. The van der Waals surface area contributed by atoms with Crippen molar-refractivity contribution in [3.63, 3.8) is 0 Å². The molecule has 0 aromatic rings. The normalized spacial score (nSPS) is 22.9. The van der Waals surface area contributed by atoms with Gasteiger partial charge in [-0.1, -0.05) is 0 Å². The lowest BCUT2D eigenvalue weighted by Crippen LogP contribution is -2.51. The predicted octanol–water partition coefficient (Wildman–Crippen LogP) is 0.518. The maximum atomic E-state index is 11.4. The fraction of sp³-hybridized carbons (Fsp3) is 0.778. The van der Waals surface area contributed by atoms with Crippen LogP contribution < -0.4 is 0 Å². The second kappa shape index (κ2) is 11.5. The van der Waals surface area contributed by atoms with Crippen molar-refractivity contribution < 1.29 is 19.8 Å². The van der Waals surface area contributed by atoms with Crippen LogP contribution in [0.5, 0.6) is 0 Å². The van der Waals surface area contributed by atoms with Gasteiger partial charge in [-0.05, 0) is 27.7 Å². The van der Waals surface area contributed by atoms with E-state index in [1.165, 1.54) is 0 Å². The summed E-state index contributed by atoms with van der Waals surface area (Å²) in [5.41, 5.74) is 0. The van der Waals surface area contributed by atoms with Crippen molar-refractivity contribution in [3.05, 3.63) is 13.1 Å². The Morgan fingerprint density at radius 3 is 1.23 bits per heavy atom. The molecule has 8 nitrogen and oxygen atoms in total. The van der Waals surface area contributed by atoms with Gasteiger partial charge in [0.05, 0.1) is 0 Å². The van der Waals surface area contributed by atoms with E-state index in [9.17, 15) is 19.8 Å². The summed E-state index contributed by atoms with van der Waals surface area (Å²) >= 11 is 0. The summed E-state index contributed by atoms with van der Waals surface area (Å²) in [5, 5.41) is 18.8.